The maximum Gasteiger partial charge on any atom is 0.254 e. The van der Waals surface area contributed by atoms with Gasteiger partial charge in [-0.05, 0) is 53.4 Å². The van der Waals surface area contributed by atoms with Crippen molar-refractivity contribution in [2.75, 3.05) is 26.7 Å². The van der Waals surface area contributed by atoms with Crippen LogP contribution in [0.1, 0.15) is 15.9 Å². The molecule has 6 heteroatoms. The standard InChI is InChI=1S/C26H25FN2O3/c1-32-24-11-9-20(10-12-24)19-7-5-18(6-8-19)15-22-17-29(14-13-28-25(22)30)26(31)21-3-2-4-23(27)16-21/h2-12,16,22H,13-15,17H2,1H3,(H,28,30)/t22-/m1/s1. The quantitative estimate of drug-likeness (QED) is 0.665. The van der Waals surface area contributed by atoms with Crippen LogP contribution in [0.4, 0.5) is 4.39 Å². The summed E-state index contributed by atoms with van der Waals surface area (Å²) in [4.78, 5) is 27.1. The molecule has 0 bridgehead atoms. The Labute approximate surface area is 186 Å². The Morgan fingerprint density at radius 1 is 1.06 bits per heavy atom. The van der Waals surface area contributed by atoms with Crippen LogP contribution in [-0.2, 0) is 11.2 Å². The largest absolute Gasteiger partial charge is 0.497 e. The lowest BCUT2D eigenvalue weighted by Crippen LogP contribution is -2.37. The molecule has 1 saturated heterocycles. The fourth-order valence-corrected chi connectivity index (χ4v) is 3.95. The molecule has 0 aliphatic carbocycles. The molecule has 2 amide bonds. The van der Waals surface area contributed by atoms with Gasteiger partial charge in [-0.25, -0.2) is 4.39 Å². The van der Waals surface area contributed by atoms with Gasteiger partial charge in [0.2, 0.25) is 5.91 Å². The van der Waals surface area contributed by atoms with Gasteiger partial charge in [0.05, 0.1) is 13.0 Å². The number of nitrogens with one attached hydrogen (secondary N) is 1. The molecule has 0 saturated carbocycles. The van der Waals surface area contributed by atoms with Gasteiger partial charge >= 0.3 is 0 Å². The van der Waals surface area contributed by atoms with Crippen LogP contribution < -0.4 is 10.1 Å². The summed E-state index contributed by atoms with van der Waals surface area (Å²) in [5, 5.41) is 2.89. The molecule has 0 spiro atoms. The zero-order valence-electron chi connectivity index (χ0n) is 17.9. The highest BCUT2D eigenvalue weighted by Crippen LogP contribution is 2.24. The van der Waals surface area contributed by atoms with Crippen molar-refractivity contribution >= 4 is 11.8 Å². The molecule has 0 unspecified atom stereocenters. The minimum absolute atomic E-state index is 0.0706. The van der Waals surface area contributed by atoms with Gasteiger partial charge in [0.25, 0.3) is 5.91 Å². The van der Waals surface area contributed by atoms with Crippen molar-refractivity contribution in [2.45, 2.75) is 6.42 Å². The topological polar surface area (TPSA) is 58.6 Å². The van der Waals surface area contributed by atoms with Crippen LogP contribution >= 0.6 is 0 Å². The van der Waals surface area contributed by atoms with Crippen molar-refractivity contribution in [2.24, 2.45) is 5.92 Å². The number of rotatable bonds is 5. The van der Waals surface area contributed by atoms with Crippen molar-refractivity contribution in [3.05, 3.63) is 89.7 Å². The average molecular weight is 432 g/mol. The zero-order chi connectivity index (χ0) is 22.5. The number of nitrogens with zero attached hydrogens (tertiary/aromatic N) is 1. The van der Waals surface area contributed by atoms with E-state index in [4.69, 9.17) is 4.74 Å². The fourth-order valence-electron chi connectivity index (χ4n) is 3.95. The van der Waals surface area contributed by atoms with E-state index >= 15 is 0 Å². The van der Waals surface area contributed by atoms with Crippen LogP contribution in [-0.4, -0.2) is 43.5 Å². The number of carbonyl (C=O) groups excluding carboxylic acids is 2. The molecule has 1 aliphatic heterocycles. The number of hydrogen-bond donors (Lipinski definition) is 1. The highest BCUT2D eigenvalue weighted by molar-refractivity contribution is 5.95. The smallest absolute Gasteiger partial charge is 0.254 e. The molecule has 1 aliphatic rings. The SMILES string of the molecule is COc1ccc(-c2ccc(C[C@@H]3CN(C(=O)c4cccc(F)c4)CCNC3=O)cc2)cc1. The second-order valence-electron chi connectivity index (χ2n) is 7.88. The van der Waals surface area contributed by atoms with Gasteiger partial charge in [-0.2, -0.15) is 0 Å². The summed E-state index contributed by atoms with van der Waals surface area (Å²) < 4.78 is 18.8. The molecular weight excluding hydrogens is 407 g/mol. The zero-order valence-corrected chi connectivity index (χ0v) is 17.9. The third-order valence-electron chi connectivity index (χ3n) is 5.71. The fraction of sp³-hybridized carbons (Fsp3) is 0.231. The molecule has 0 radical (unpaired) electrons. The van der Waals surface area contributed by atoms with Crippen LogP contribution in [0.15, 0.2) is 72.8 Å². The Balaban J connectivity index is 1.46. The highest BCUT2D eigenvalue weighted by Gasteiger charge is 2.28. The molecule has 5 nitrogen and oxygen atoms in total. The molecule has 3 aromatic carbocycles. The van der Waals surface area contributed by atoms with Gasteiger partial charge in [0.1, 0.15) is 11.6 Å². The van der Waals surface area contributed by atoms with Crippen molar-refractivity contribution in [3.8, 4) is 16.9 Å². The molecule has 164 valence electrons. The van der Waals surface area contributed by atoms with Gasteiger partial charge in [0, 0.05) is 25.2 Å². The molecule has 0 aromatic heterocycles. The first-order chi connectivity index (χ1) is 15.5. The molecule has 1 N–H and O–H groups in total. The first kappa shape index (κ1) is 21.6. The number of ether oxygens (including phenoxy) is 1. The minimum atomic E-state index is -0.451. The first-order valence-electron chi connectivity index (χ1n) is 10.6. The summed E-state index contributed by atoms with van der Waals surface area (Å²) in [6.45, 7) is 1.07. The van der Waals surface area contributed by atoms with E-state index in [2.05, 4.69) is 5.32 Å². The molecule has 4 rings (SSSR count). The summed E-state index contributed by atoms with van der Waals surface area (Å²) in [7, 11) is 1.64. The van der Waals surface area contributed by atoms with Gasteiger partial charge in [0.15, 0.2) is 0 Å². The van der Waals surface area contributed by atoms with E-state index in [-0.39, 0.29) is 17.7 Å². The number of hydrogen-bond acceptors (Lipinski definition) is 3. The summed E-state index contributed by atoms with van der Waals surface area (Å²) in [5.41, 5.74) is 3.46. The lowest BCUT2D eigenvalue weighted by Gasteiger charge is -2.23. The summed E-state index contributed by atoms with van der Waals surface area (Å²) >= 11 is 0. The van der Waals surface area contributed by atoms with Gasteiger partial charge < -0.3 is 15.0 Å². The van der Waals surface area contributed by atoms with Crippen LogP contribution in [0.3, 0.4) is 0 Å². The van der Waals surface area contributed by atoms with Crippen LogP contribution in [0, 0.1) is 11.7 Å². The molecule has 3 aromatic rings. The summed E-state index contributed by atoms with van der Waals surface area (Å²) in [6, 6.07) is 21.6. The van der Waals surface area contributed by atoms with E-state index in [0.717, 1.165) is 22.4 Å². The van der Waals surface area contributed by atoms with E-state index in [1.807, 2.05) is 48.5 Å². The Kier molecular flexibility index (Phi) is 6.50. The number of benzene rings is 3. The Bertz CT molecular complexity index is 1100. The number of halogens is 1. The number of carbonyl (C=O) groups is 2. The Morgan fingerprint density at radius 2 is 1.75 bits per heavy atom. The van der Waals surface area contributed by atoms with E-state index < -0.39 is 5.82 Å². The molecule has 1 atom stereocenters. The Morgan fingerprint density at radius 3 is 2.41 bits per heavy atom. The second kappa shape index (κ2) is 9.64. The van der Waals surface area contributed by atoms with Crippen LogP contribution in [0.25, 0.3) is 11.1 Å². The third-order valence-corrected chi connectivity index (χ3v) is 5.71. The number of methoxy groups -OCH3 is 1. The van der Waals surface area contributed by atoms with E-state index in [1.165, 1.54) is 18.2 Å². The normalized spacial score (nSPS) is 16.2. The number of amides is 2. The van der Waals surface area contributed by atoms with Crippen LogP contribution in [0.2, 0.25) is 0 Å². The van der Waals surface area contributed by atoms with Gasteiger partial charge in [-0.1, -0.05) is 42.5 Å². The van der Waals surface area contributed by atoms with Crippen LogP contribution in [0.5, 0.6) is 5.75 Å². The second-order valence-corrected chi connectivity index (χ2v) is 7.88. The average Bonchev–Trinajstić information content (AvgIpc) is 3.00. The first-order valence-corrected chi connectivity index (χ1v) is 10.6. The predicted molar refractivity (Wildman–Crippen MR) is 121 cm³/mol. The highest BCUT2D eigenvalue weighted by atomic mass is 19.1. The Hall–Kier alpha value is -3.67. The summed E-state index contributed by atoms with van der Waals surface area (Å²) in [5.74, 6) is -0.350. The minimum Gasteiger partial charge on any atom is -0.497 e. The molecule has 1 fully saturated rings. The van der Waals surface area contributed by atoms with E-state index in [1.54, 1.807) is 18.1 Å². The molecule has 1 heterocycles. The van der Waals surface area contributed by atoms with E-state index in [9.17, 15) is 14.0 Å². The molecular formula is C26H25FN2O3. The molecule has 32 heavy (non-hydrogen) atoms. The van der Waals surface area contributed by atoms with Crippen molar-refractivity contribution in [3.63, 3.8) is 0 Å². The van der Waals surface area contributed by atoms with Crippen molar-refractivity contribution in [1.29, 1.82) is 0 Å². The van der Waals surface area contributed by atoms with Gasteiger partial charge in [-0.15, -0.1) is 0 Å². The monoisotopic (exact) mass is 432 g/mol. The maximum atomic E-state index is 13.6. The predicted octanol–water partition coefficient (Wildman–Crippen LogP) is 3.93. The third kappa shape index (κ3) is 4.97. The van der Waals surface area contributed by atoms with Crippen molar-refractivity contribution in [1.82, 2.24) is 10.2 Å². The van der Waals surface area contributed by atoms with Gasteiger partial charge in [-0.3, -0.25) is 9.59 Å². The van der Waals surface area contributed by atoms with Crippen molar-refractivity contribution < 1.29 is 18.7 Å². The van der Waals surface area contributed by atoms with E-state index in [0.29, 0.717) is 31.6 Å². The maximum absolute atomic E-state index is 13.6. The lowest BCUT2D eigenvalue weighted by molar-refractivity contribution is -0.124. The lowest BCUT2D eigenvalue weighted by atomic mass is 9.96. The summed E-state index contributed by atoms with van der Waals surface area (Å²) in [6.07, 6.45) is 0.516.